The number of carbonyl (C=O) groups excluding carboxylic acids is 1. The highest BCUT2D eigenvalue weighted by atomic mass is 16.5. The van der Waals surface area contributed by atoms with Gasteiger partial charge in [0.2, 0.25) is 0 Å². The largest absolute Gasteiger partial charge is 0.497 e. The van der Waals surface area contributed by atoms with Gasteiger partial charge in [0.25, 0.3) is 0 Å². The smallest absolute Gasteiger partial charge is 0.320 e. The van der Waals surface area contributed by atoms with E-state index in [0.29, 0.717) is 6.54 Å². The Hall–Kier alpha value is -2.53. The highest BCUT2D eigenvalue weighted by Crippen LogP contribution is 2.49. The molecule has 1 aliphatic heterocycles. The molecule has 5 nitrogen and oxygen atoms in total. The average Bonchev–Trinajstić information content (AvgIpc) is 3.05. The molecule has 4 rings (SSSR count). The molecule has 1 saturated carbocycles. The number of hydrogen-bond donors (Lipinski definition) is 0. The van der Waals surface area contributed by atoms with Gasteiger partial charge in [-0.25, -0.2) is 4.79 Å². The Morgan fingerprint density at radius 3 is 2.09 bits per heavy atom. The number of methoxy groups -OCH3 is 1. The van der Waals surface area contributed by atoms with E-state index in [1.54, 1.807) is 7.11 Å². The number of nitrogens with zero attached hydrogens (tertiary/aromatic N) is 3. The van der Waals surface area contributed by atoms with Crippen LogP contribution in [0.15, 0.2) is 54.6 Å². The van der Waals surface area contributed by atoms with Gasteiger partial charge in [-0.05, 0) is 68.5 Å². The highest BCUT2D eigenvalue weighted by molar-refractivity contribution is 5.78. The minimum Gasteiger partial charge on any atom is -0.497 e. The molecule has 0 radical (unpaired) electrons. The van der Waals surface area contributed by atoms with E-state index in [0.717, 1.165) is 50.1 Å². The normalized spacial score (nSPS) is 25.4. The van der Waals surface area contributed by atoms with Gasteiger partial charge in [-0.3, -0.25) is 4.90 Å². The highest BCUT2D eigenvalue weighted by Gasteiger charge is 2.54. The second kappa shape index (κ2) is 9.26. The van der Waals surface area contributed by atoms with E-state index < -0.39 is 0 Å². The molecule has 1 heterocycles. The van der Waals surface area contributed by atoms with Crippen LogP contribution in [0, 0.1) is 5.41 Å². The van der Waals surface area contributed by atoms with Crippen LogP contribution in [0.5, 0.6) is 5.75 Å². The van der Waals surface area contributed by atoms with Crippen LogP contribution < -0.4 is 4.74 Å². The molecule has 2 aromatic rings. The fourth-order valence-electron chi connectivity index (χ4n) is 5.97. The first-order valence-corrected chi connectivity index (χ1v) is 12.5. The molecular weight excluding hydrogens is 422 g/mol. The lowest BCUT2D eigenvalue weighted by molar-refractivity contribution is 0.0154. The number of amides is 2. The quantitative estimate of drug-likeness (QED) is 0.547. The maximum absolute atomic E-state index is 13.8. The summed E-state index contributed by atoms with van der Waals surface area (Å²) in [6, 6.07) is 19.2. The Balaban J connectivity index is 1.60. The van der Waals surface area contributed by atoms with Crippen molar-refractivity contribution in [1.29, 1.82) is 0 Å². The molecule has 0 aromatic heterocycles. The third-order valence-electron chi connectivity index (χ3n) is 7.90. The second-order valence-electron chi connectivity index (χ2n) is 11.6. The van der Waals surface area contributed by atoms with Gasteiger partial charge in [0, 0.05) is 25.2 Å². The minimum absolute atomic E-state index is 0.0202. The number of hydrogen-bond acceptors (Lipinski definition) is 3. The van der Waals surface area contributed by atoms with Crippen LogP contribution in [-0.4, -0.2) is 60.6 Å². The lowest BCUT2D eigenvalue weighted by Crippen LogP contribution is -2.56. The first-order valence-electron chi connectivity index (χ1n) is 12.5. The maximum Gasteiger partial charge on any atom is 0.320 e. The molecule has 34 heavy (non-hydrogen) atoms. The van der Waals surface area contributed by atoms with Gasteiger partial charge >= 0.3 is 6.03 Å². The number of urea groups is 1. The molecule has 0 unspecified atom stereocenters. The zero-order chi connectivity index (χ0) is 24.6. The van der Waals surface area contributed by atoms with Crippen molar-refractivity contribution >= 4 is 6.03 Å². The third kappa shape index (κ3) is 4.68. The first-order chi connectivity index (χ1) is 16.1. The predicted molar refractivity (Wildman–Crippen MR) is 138 cm³/mol. The average molecular weight is 464 g/mol. The Bertz CT molecular complexity index is 971. The molecule has 2 amide bonds. The van der Waals surface area contributed by atoms with Crippen molar-refractivity contribution in [3.8, 4) is 5.75 Å². The Morgan fingerprint density at radius 2 is 1.56 bits per heavy atom. The summed E-state index contributed by atoms with van der Waals surface area (Å²) in [6.07, 6.45) is 4.13. The number of ether oxygens (including phenoxy) is 1. The molecule has 2 aliphatic rings. The fourth-order valence-corrected chi connectivity index (χ4v) is 5.97. The molecule has 1 saturated heterocycles. The van der Waals surface area contributed by atoms with Gasteiger partial charge < -0.3 is 14.5 Å². The lowest BCUT2D eigenvalue weighted by Gasteiger charge is -2.51. The Kier molecular flexibility index (Phi) is 6.69. The fraction of sp³-hybridized carbons (Fsp3) is 0.552. The number of benzene rings is 2. The van der Waals surface area contributed by atoms with Crippen molar-refractivity contribution in [3.63, 3.8) is 0 Å². The Morgan fingerprint density at radius 1 is 0.941 bits per heavy atom. The summed E-state index contributed by atoms with van der Waals surface area (Å²) in [6.45, 7) is 8.92. The van der Waals surface area contributed by atoms with E-state index in [1.165, 1.54) is 5.56 Å². The number of carbonyl (C=O) groups is 1. The topological polar surface area (TPSA) is 36.0 Å². The van der Waals surface area contributed by atoms with Crippen molar-refractivity contribution < 1.29 is 9.53 Å². The van der Waals surface area contributed by atoms with Crippen molar-refractivity contribution in [3.05, 3.63) is 65.7 Å². The van der Waals surface area contributed by atoms with Crippen molar-refractivity contribution in [2.75, 3.05) is 34.3 Å². The van der Waals surface area contributed by atoms with Crippen LogP contribution in [-0.2, 0) is 12.1 Å². The van der Waals surface area contributed by atoms with Gasteiger partial charge in [0.15, 0.2) is 0 Å². The van der Waals surface area contributed by atoms with E-state index in [9.17, 15) is 4.79 Å². The van der Waals surface area contributed by atoms with Crippen molar-refractivity contribution in [2.24, 2.45) is 5.41 Å². The second-order valence-corrected chi connectivity index (χ2v) is 11.6. The van der Waals surface area contributed by atoms with Crippen LogP contribution in [0.2, 0.25) is 0 Å². The maximum atomic E-state index is 13.8. The molecule has 2 fully saturated rings. The van der Waals surface area contributed by atoms with E-state index in [1.807, 2.05) is 12.1 Å². The first kappa shape index (κ1) is 24.6. The lowest BCUT2D eigenvalue weighted by atomic mass is 9.68. The summed E-state index contributed by atoms with van der Waals surface area (Å²) in [5, 5.41) is 0. The van der Waals surface area contributed by atoms with Gasteiger partial charge in [0.1, 0.15) is 5.75 Å². The molecule has 1 spiro atoms. The van der Waals surface area contributed by atoms with Crippen LogP contribution in [0.1, 0.15) is 57.6 Å². The van der Waals surface area contributed by atoms with E-state index in [2.05, 4.69) is 92.0 Å². The Labute approximate surface area is 205 Å². The van der Waals surface area contributed by atoms with E-state index in [-0.39, 0.29) is 22.5 Å². The van der Waals surface area contributed by atoms with Crippen LogP contribution >= 0.6 is 0 Å². The summed E-state index contributed by atoms with van der Waals surface area (Å²) in [5.74, 6) is 0.843. The van der Waals surface area contributed by atoms with E-state index >= 15 is 0 Å². The van der Waals surface area contributed by atoms with Gasteiger partial charge in [-0.2, -0.15) is 0 Å². The van der Waals surface area contributed by atoms with Gasteiger partial charge in [-0.1, -0.05) is 63.2 Å². The minimum atomic E-state index is -0.106. The summed E-state index contributed by atoms with van der Waals surface area (Å²) >= 11 is 0. The molecule has 0 N–H and O–H groups in total. The van der Waals surface area contributed by atoms with Gasteiger partial charge in [-0.15, -0.1) is 0 Å². The number of rotatable bonds is 6. The molecule has 1 aliphatic carbocycles. The zero-order valence-electron chi connectivity index (χ0n) is 21.8. The molecular formula is C29H41N3O2. The molecule has 184 valence electrons. The summed E-state index contributed by atoms with van der Waals surface area (Å²) in [4.78, 5) is 20.5. The monoisotopic (exact) mass is 463 g/mol. The molecule has 0 bridgehead atoms. The molecule has 5 heteroatoms. The molecule has 2 aromatic carbocycles. The summed E-state index contributed by atoms with van der Waals surface area (Å²) in [5.41, 5.74) is 2.49. The third-order valence-corrected chi connectivity index (χ3v) is 7.90. The molecule has 0 atom stereocenters. The van der Waals surface area contributed by atoms with Crippen LogP contribution in [0.4, 0.5) is 4.79 Å². The summed E-state index contributed by atoms with van der Waals surface area (Å²) < 4.78 is 5.30. The van der Waals surface area contributed by atoms with Crippen LogP contribution in [0.3, 0.4) is 0 Å². The summed E-state index contributed by atoms with van der Waals surface area (Å²) in [7, 11) is 6.08. The zero-order valence-corrected chi connectivity index (χ0v) is 21.8. The van der Waals surface area contributed by atoms with Crippen molar-refractivity contribution in [2.45, 2.75) is 64.1 Å². The van der Waals surface area contributed by atoms with Crippen molar-refractivity contribution in [1.82, 2.24) is 14.7 Å². The van der Waals surface area contributed by atoms with Gasteiger partial charge in [0.05, 0.1) is 12.6 Å². The SMILES string of the molecule is COc1ccc(CN2C[C@]3(CC[C@@](c4ccccc4)(N(C)C)CC3)N(CC(C)(C)C)C2=O)cc1. The van der Waals surface area contributed by atoms with Crippen LogP contribution in [0.25, 0.3) is 0 Å². The standard InChI is InChI=1S/C29H41N3O2/c1-27(2,3)21-32-26(33)31(20-23-12-14-25(34-6)15-13-23)22-28(32)16-18-29(19-17-28,30(4)5)24-10-8-7-9-11-24/h7-15H,16-22H2,1-6H3/t28-,29-. The predicted octanol–water partition coefficient (Wildman–Crippen LogP) is 5.75. The van der Waals surface area contributed by atoms with E-state index in [4.69, 9.17) is 4.74 Å².